The number of esters is 1. The van der Waals surface area contributed by atoms with Gasteiger partial charge in [-0.2, -0.15) is 0 Å². The topological polar surface area (TPSA) is 374 Å². The first-order chi connectivity index (χ1) is 35.5. The molecule has 8 fully saturated rings. The Morgan fingerprint density at radius 3 is 1.88 bits per heavy atom. The van der Waals surface area contributed by atoms with Crippen molar-refractivity contribution < 1.29 is 114 Å². The number of aliphatic hydroxyl groups is 14. The Balaban J connectivity index is 1.03. The number of carbonyl (C=O) groups is 1. The SMILES string of the molecule is C[C@@H]1O[C@@H](O[C@H]2[C@H](OC(=O)[C@]34CCC(C)(C)C[C@H]3C3=CC[C@@H]5[C@@]6(C)C[C@H](O)[C@H](O[C@@H]7O[C@H](CO)[C@@H](O)[C@H](O)[C@H]7O)[C@@](C)(CO)[C@@H]6CC[C@@]5(C)[C@]3(C)CC4)O[C@H](CO)[C@@H](O)[C@@H]2O[C@@H]2OC[C@](O)(CO)[C@H]2O)[C@H](O)[C@H](O)[C@H]1O. The van der Waals surface area contributed by atoms with E-state index in [4.69, 9.17) is 37.9 Å². The predicted molar refractivity (Wildman–Crippen MR) is 258 cm³/mol. The Bertz CT molecular complexity index is 2120. The third kappa shape index (κ3) is 9.18. The Kier molecular flexibility index (Phi) is 16.3. The lowest BCUT2D eigenvalue weighted by Crippen LogP contribution is -2.69. The molecule has 5 aliphatic carbocycles. The van der Waals surface area contributed by atoms with Crippen LogP contribution in [0.2, 0.25) is 0 Å². The van der Waals surface area contributed by atoms with Gasteiger partial charge in [0.2, 0.25) is 6.29 Å². The van der Waals surface area contributed by atoms with E-state index in [1.54, 1.807) is 0 Å². The molecule has 436 valence electrons. The van der Waals surface area contributed by atoms with Crippen molar-refractivity contribution in [2.45, 2.75) is 229 Å². The van der Waals surface area contributed by atoms with Crippen LogP contribution in [0.5, 0.6) is 0 Å². The van der Waals surface area contributed by atoms with Crippen LogP contribution in [-0.2, 0) is 42.7 Å². The average molecular weight is 1090 g/mol. The van der Waals surface area contributed by atoms with E-state index in [1.807, 2.05) is 6.92 Å². The van der Waals surface area contributed by atoms with E-state index in [0.717, 1.165) is 5.57 Å². The molecule has 28 atom stereocenters. The van der Waals surface area contributed by atoms with Crippen molar-refractivity contribution in [3.63, 3.8) is 0 Å². The van der Waals surface area contributed by atoms with Gasteiger partial charge in [-0.3, -0.25) is 4.79 Å². The van der Waals surface area contributed by atoms with Crippen molar-refractivity contribution >= 4 is 5.97 Å². The largest absolute Gasteiger partial charge is 0.432 e. The molecule has 0 unspecified atom stereocenters. The van der Waals surface area contributed by atoms with Gasteiger partial charge < -0.3 is 109 Å². The van der Waals surface area contributed by atoms with Crippen molar-refractivity contribution in [2.75, 3.05) is 33.0 Å². The molecular formula is C53H86O23. The second-order valence-electron chi connectivity index (χ2n) is 26.0. The molecular weight excluding hydrogens is 1000 g/mol. The zero-order chi connectivity index (χ0) is 55.6. The van der Waals surface area contributed by atoms with E-state index in [1.165, 1.54) is 6.92 Å². The van der Waals surface area contributed by atoms with E-state index in [2.05, 4.69) is 40.7 Å². The molecule has 9 aliphatic rings. The van der Waals surface area contributed by atoms with Crippen LogP contribution in [0.15, 0.2) is 11.6 Å². The van der Waals surface area contributed by atoms with Gasteiger partial charge in [0.05, 0.1) is 56.8 Å². The summed E-state index contributed by atoms with van der Waals surface area (Å²) in [5.74, 6) is -1.29. The molecule has 0 bridgehead atoms. The van der Waals surface area contributed by atoms with Crippen LogP contribution in [0.3, 0.4) is 0 Å². The van der Waals surface area contributed by atoms with E-state index >= 15 is 4.79 Å². The van der Waals surface area contributed by atoms with Gasteiger partial charge in [0.15, 0.2) is 25.0 Å². The third-order valence-electron chi connectivity index (χ3n) is 21.2. The van der Waals surface area contributed by atoms with E-state index < -0.39 is 182 Å². The second-order valence-corrected chi connectivity index (χ2v) is 26.0. The lowest BCUT2D eigenvalue weighted by atomic mass is 9.33. The normalized spacial score (nSPS) is 55.1. The average Bonchev–Trinajstić information content (AvgIpc) is 3.75. The van der Waals surface area contributed by atoms with E-state index in [-0.39, 0.29) is 36.2 Å². The van der Waals surface area contributed by atoms with Crippen molar-refractivity contribution in [1.82, 2.24) is 0 Å². The summed E-state index contributed by atoms with van der Waals surface area (Å²) in [5, 5.41) is 152. The number of fused-ring (bicyclic) bond motifs is 7. The summed E-state index contributed by atoms with van der Waals surface area (Å²) < 4.78 is 48.4. The molecule has 4 heterocycles. The summed E-state index contributed by atoms with van der Waals surface area (Å²) in [4.78, 5) is 15.6. The lowest BCUT2D eigenvalue weighted by Gasteiger charge is -2.72. The van der Waals surface area contributed by atoms with Crippen LogP contribution in [-0.4, -0.2) is 233 Å². The van der Waals surface area contributed by atoms with Gasteiger partial charge in [0.25, 0.3) is 0 Å². The molecule has 14 N–H and O–H groups in total. The van der Waals surface area contributed by atoms with Gasteiger partial charge >= 0.3 is 5.97 Å². The van der Waals surface area contributed by atoms with Crippen LogP contribution in [0.4, 0.5) is 0 Å². The quantitative estimate of drug-likeness (QED) is 0.0549. The van der Waals surface area contributed by atoms with Crippen LogP contribution < -0.4 is 0 Å². The van der Waals surface area contributed by atoms with Gasteiger partial charge in [-0.05, 0) is 104 Å². The van der Waals surface area contributed by atoms with Gasteiger partial charge in [-0.25, -0.2) is 0 Å². The molecule has 76 heavy (non-hydrogen) atoms. The first kappa shape index (κ1) is 59.0. The molecule has 4 saturated carbocycles. The molecule has 0 aromatic rings. The van der Waals surface area contributed by atoms with Gasteiger partial charge in [-0.15, -0.1) is 0 Å². The number of rotatable bonds is 12. The minimum atomic E-state index is -2.16. The molecule has 0 spiro atoms. The van der Waals surface area contributed by atoms with Crippen LogP contribution in [0.25, 0.3) is 0 Å². The third-order valence-corrected chi connectivity index (χ3v) is 21.2. The Labute approximate surface area is 442 Å². The highest BCUT2D eigenvalue weighted by Crippen LogP contribution is 2.76. The number of carbonyl (C=O) groups excluding carboxylic acids is 1. The number of ether oxygens (including phenoxy) is 8. The molecule has 4 aliphatic heterocycles. The molecule has 0 aromatic carbocycles. The molecule has 0 radical (unpaired) electrons. The standard InChI is InChI=1S/C53H86O23/c1-23-31(59)34(62)36(64)42(70-23)74-39-38(73-45-40(66)53(68,21-57)22-69-45)33(61)28(19-55)72-44(39)76-46(67)52-14-12-47(2,3)16-25(52)24-8-9-30-48(4)17-26(58)41(75-43-37(65)35(63)32(60)27(18-54)71-43)49(5,20-56)29(48)10-11-51(30,7)50(24,6)13-15-52/h8,23,25-45,54-66,68H,9-22H2,1-7H3/t23-,25-,26-,27+,28+,29+,30+,31-,32+,33+,34+,35-,36+,37+,38-,39+,40-,41-,42-,43-,44-,45-,48-,49-,50+,51+,52-,53+/m0/s1. The fourth-order valence-electron chi connectivity index (χ4n) is 16.3. The van der Waals surface area contributed by atoms with E-state index in [0.29, 0.717) is 51.4 Å². The molecule has 9 rings (SSSR count). The Morgan fingerprint density at radius 1 is 0.645 bits per heavy atom. The maximum atomic E-state index is 15.6. The highest BCUT2D eigenvalue weighted by atomic mass is 16.8. The number of hydrogen-bond acceptors (Lipinski definition) is 23. The predicted octanol–water partition coefficient (Wildman–Crippen LogP) is -2.42. The van der Waals surface area contributed by atoms with Crippen molar-refractivity contribution in [1.29, 1.82) is 0 Å². The number of allylic oxidation sites excluding steroid dienone is 2. The van der Waals surface area contributed by atoms with Gasteiger partial charge in [0.1, 0.15) is 72.7 Å². The fourth-order valence-corrected chi connectivity index (χ4v) is 16.3. The minimum Gasteiger partial charge on any atom is -0.432 e. The maximum Gasteiger partial charge on any atom is 0.315 e. The van der Waals surface area contributed by atoms with Gasteiger partial charge in [0, 0.05) is 5.41 Å². The maximum absolute atomic E-state index is 15.6. The summed E-state index contributed by atoms with van der Waals surface area (Å²) in [7, 11) is 0. The van der Waals surface area contributed by atoms with Crippen LogP contribution in [0, 0.1) is 50.2 Å². The number of aliphatic hydroxyl groups excluding tert-OH is 13. The van der Waals surface area contributed by atoms with Crippen molar-refractivity contribution in [3.8, 4) is 0 Å². The summed E-state index contributed by atoms with van der Waals surface area (Å²) in [5.41, 5.74) is -4.99. The van der Waals surface area contributed by atoms with E-state index in [9.17, 15) is 71.5 Å². The summed E-state index contributed by atoms with van der Waals surface area (Å²) in [6.45, 7) is 11.0. The van der Waals surface area contributed by atoms with Crippen LogP contribution in [0.1, 0.15) is 106 Å². The Hall–Kier alpha value is -1.63. The summed E-state index contributed by atoms with van der Waals surface area (Å²) in [6.07, 6.45) is -23.2. The first-order valence-electron chi connectivity index (χ1n) is 27.3. The highest BCUT2D eigenvalue weighted by molar-refractivity contribution is 5.79. The van der Waals surface area contributed by atoms with Crippen molar-refractivity contribution in [2.24, 2.45) is 50.2 Å². The Morgan fingerprint density at radius 2 is 1.25 bits per heavy atom. The summed E-state index contributed by atoms with van der Waals surface area (Å²) in [6, 6.07) is 0. The molecule has 4 saturated heterocycles. The van der Waals surface area contributed by atoms with Crippen molar-refractivity contribution in [3.05, 3.63) is 11.6 Å². The first-order valence-corrected chi connectivity index (χ1v) is 27.3. The second kappa shape index (κ2) is 21.0. The monoisotopic (exact) mass is 1090 g/mol. The lowest BCUT2D eigenvalue weighted by molar-refractivity contribution is -0.374. The fraction of sp³-hybridized carbons (Fsp3) is 0.943. The highest BCUT2D eigenvalue weighted by Gasteiger charge is 2.72. The number of hydrogen-bond donors (Lipinski definition) is 14. The molecule has 0 amide bonds. The zero-order valence-corrected chi connectivity index (χ0v) is 44.6. The molecule has 0 aromatic heterocycles. The minimum absolute atomic E-state index is 0.0416. The smallest absolute Gasteiger partial charge is 0.315 e. The molecule has 23 nitrogen and oxygen atoms in total. The summed E-state index contributed by atoms with van der Waals surface area (Å²) >= 11 is 0. The zero-order valence-electron chi connectivity index (χ0n) is 44.6. The van der Waals surface area contributed by atoms with Gasteiger partial charge in [-0.1, -0.05) is 53.2 Å². The van der Waals surface area contributed by atoms with Crippen LogP contribution >= 0.6 is 0 Å². The molecule has 23 heteroatoms.